The highest BCUT2D eigenvalue weighted by Crippen LogP contribution is 2.72. The predicted molar refractivity (Wildman–Crippen MR) is 214 cm³/mol. The van der Waals surface area contributed by atoms with Crippen molar-refractivity contribution in [2.45, 2.75) is 215 Å². The van der Waals surface area contributed by atoms with Gasteiger partial charge in [0.15, 0.2) is 24.7 Å². The summed E-state index contributed by atoms with van der Waals surface area (Å²) in [5.41, 5.74) is -0.118. The minimum absolute atomic E-state index is 0.122. The van der Waals surface area contributed by atoms with Crippen LogP contribution in [0.15, 0.2) is 11.6 Å². The summed E-state index contributed by atoms with van der Waals surface area (Å²) in [6, 6.07) is 0. The standard InChI is InChI=1S/C45H72O17/c1-19-9-14-44(55-18-19)22(4)45(54)29(62-44)16-27-25-8-7-23-15-24(10-12-42(23,5)26(25)11-13-43(27,45)6)58-41-38(61-40-36(53)34(51)31(48)21(3)57-40)37(32(49)28(17-46)59-41)60-39-35(52)33(50)30(47)20(2)56-39/h15,19-22,24-41,46-54H,7-14,16-18H2,1-6H3/t19-,20+,21+,22-,24+,25-,26+,27+,28-,29+,30+,31+,32-,33-,34-,35-,36-,37+,38-,39+,40+,41-,42+,43+,44-,45-/m1/s1. The van der Waals surface area contributed by atoms with E-state index < -0.39 is 116 Å². The first-order valence-corrected chi connectivity index (χ1v) is 23.3. The van der Waals surface area contributed by atoms with Crippen LogP contribution in [0.2, 0.25) is 0 Å². The van der Waals surface area contributed by atoms with Crippen molar-refractivity contribution >= 4 is 0 Å². The zero-order chi connectivity index (χ0) is 44.4. The predicted octanol–water partition coefficient (Wildman–Crippen LogP) is 0.357. The van der Waals surface area contributed by atoms with Crippen molar-refractivity contribution in [1.29, 1.82) is 0 Å². The lowest BCUT2D eigenvalue weighted by Gasteiger charge is -2.60. The molecule has 5 heterocycles. The third kappa shape index (κ3) is 7.05. The van der Waals surface area contributed by atoms with Crippen LogP contribution in [0.4, 0.5) is 0 Å². The molecule has 5 aliphatic heterocycles. The smallest absolute Gasteiger partial charge is 0.187 e. The zero-order valence-electron chi connectivity index (χ0n) is 36.8. The monoisotopic (exact) mass is 884 g/mol. The number of aliphatic hydroxyl groups excluding tert-OH is 8. The summed E-state index contributed by atoms with van der Waals surface area (Å²) in [5.74, 6) is 0.716. The fourth-order valence-electron chi connectivity index (χ4n) is 13.9. The number of allylic oxidation sites excluding steroid dienone is 1. The van der Waals surface area contributed by atoms with Crippen LogP contribution in [0, 0.1) is 40.4 Å². The highest BCUT2D eigenvalue weighted by molar-refractivity contribution is 5.29. The molecule has 0 radical (unpaired) electrons. The molecule has 9 rings (SSSR count). The van der Waals surface area contributed by atoms with E-state index in [2.05, 4.69) is 33.8 Å². The SMILES string of the molecule is C[C@@H]1CC[C@@]2(OC1)O[C@H]1C[C@H]3[C@@H]4CCC5=C[C@@H](O[C@@H]6O[C@H](CO)[C@@H](O)[C@H](O[C@@H]7O[C@@H](C)[C@H](O)[C@@H](O)[C@H]7O)[C@H]6O[C@@H]6O[C@@H](C)[C@H](O)[C@@H](O)[C@H]6O)CC[C@]5(C)[C@H]4CC[C@]3(C)[C@@]1(O)[C@@H]2C. The van der Waals surface area contributed by atoms with Gasteiger partial charge in [-0.1, -0.05) is 39.3 Å². The van der Waals surface area contributed by atoms with E-state index in [0.717, 1.165) is 51.4 Å². The summed E-state index contributed by atoms with van der Waals surface area (Å²) in [4.78, 5) is 0. The van der Waals surface area contributed by atoms with Crippen LogP contribution >= 0.6 is 0 Å². The van der Waals surface area contributed by atoms with E-state index in [1.807, 2.05) is 0 Å². The molecule has 0 amide bonds. The molecule has 0 bridgehead atoms. The quantitative estimate of drug-likeness (QED) is 0.157. The molecule has 9 aliphatic rings. The van der Waals surface area contributed by atoms with Gasteiger partial charge in [0.05, 0.1) is 37.6 Å². The van der Waals surface area contributed by atoms with Gasteiger partial charge in [0.1, 0.15) is 66.6 Å². The molecule has 17 nitrogen and oxygen atoms in total. The van der Waals surface area contributed by atoms with Gasteiger partial charge < -0.3 is 83.9 Å². The van der Waals surface area contributed by atoms with E-state index in [-0.39, 0.29) is 22.9 Å². The summed E-state index contributed by atoms with van der Waals surface area (Å²) < 4.78 is 50.1. The molecule has 9 N–H and O–H groups in total. The summed E-state index contributed by atoms with van der Waals surface area (Å²) in [7, 11) is 0. The molecule has 3 saturated carbocycles. The zero-order valence-corrected chi connectivity index (χ0v) is 36.8. The molecule has 8 fully saturated rings. The fourth-order valence-corrected chi connectivity index (χ4v) is 13.9. The summed E-state index contributed by atoms with van der Waals surface area (Å²) in [6.07, 6.45) is -12.9. The van der Waals surface area contributed by atoms with Crippen LogP contribution in [0.1, 0.15) is 99.3 Å². The topological polar surface area (TPSA) is 256 Å². The van der Waals surface area contributed by atoms with E-state index in [4.69, 9.17) is 37.9 Å². The van der Waals surface area contributed by atoms with E-state index in [9.17, 15) is 46.0 Å². The normalized spacial score (nSPS) is 58.9. The first-order chi connectivity index (χ1) is 29.3. The Morgan fingerprint density at radius 1 is 0.677 bits per heavy atom. The molecule has 26 atom stereocenters. The minimum Gasteiger partial charge on any atom is -0.394 e. The van der Waals surface area contributed by atoms with Crippen LogP contribution in [-0.4, -0.2) is 175 Å². The Bertz CT molecular complexity index is 1640. The number of aliphatic hydroxyl groups is 9. The third-order valence-electron chi connectivity index (χ3n) is 17.9. The average molecular weight is 885 g/mol. The molecule has 1 spiro atoms. The Hall–Kier alpha value is -0.940. The van der Waals surface area contributed by atoms with Crippen LogP contribution in [0.5, 0.6) is 0 Å². The fraction of sp³-hybridized carbons (Fsp3) is 0.956. The van der Waals surface area contributed by atoms with Gasteiger partial charge in [-0.25, -0.2) is 0 Å². The second-order valence-corrected chi connectivity index (χ2v) is 21.1. The summed E-state index contributed by atoms with van der Waals surface area (Å²) in [5, 5.41) is 98.7. The van der Waals surface area contributed by atoms with Crippen LogP contribution in [0.3, 0.4) is 0 Å². The Morgan fingerprint density at radius 2 is 1.32 bits per heavy atom. The number of hydrogen-bond donors (Lipinski definition) is 9. The summed E-state index contributed by atoms with van der Waals surface area (Å²) >= 11 is 0. The Labute approximate surface area is 363 Å². The van der Waals surface area contributed by atoms with E-state index in [0.29, 0.717) is 36.7 Å². The lowest BCUT2D eigenvalue weighted by Crippen LogP contribution is -2.67. The molecule has 0 aromatic rings. The van der Waals surface area contributed by atoms with Crippen molar-refractivity contribution in [2.75, 3.05) is 13.2 Å². The Morgan fingerprint density at radius 3 is 1.94 bits per heavy atom. The molecule has 5 saturated heterocycles. The van der Waals surface area contributed by atoms with Crippen molar-refractivity contribution in [3.05, 3.63) is 11.6 Å². The van der Waals surface area contributed by atoms with Gasteiger partial charge in [-0.3, -0.25) is 0 Å². The second kappa shape index (κ2) is 16.7. The van der Waals surface area contributed by atoms with Gasteiger partial charge in [-0.15, -0.1) is 0 Å². The van der Waals surface area contributed by atoms with Crippen molar-refractivity contribution in [2.24, 2.45) is 40.4 Å². The van der Waals surface area contributed by atoms with Crippen LogP contribution < -0.4 is 0 Å². The number of rotatable bonds is 7. The van der Waals surface area contributed by atoms with E-state index in [1.165, 1.54) is 19.4 Å². The largest absolute Gasteiger partial charge is 0.394 e. The molecule has 354 valence electrons. The lowest BCUT2D eigenvalue weighted by atomic mass is 9.45. The molecule has 4 aliphatic carbocycles. The highest BCUT2D eigenvalue weighted by atomic mass is 16.8. The van der Waals surface area contributed by atoms with Gasteiger partial charge >= 0.3 is 0 Å². The Balaban J connectivity index is 0.952. The molecule has 0 aromatic heterocycles. The average Bonchev–Trinajstić information content (AvgIpc) is 3.60. The Kier molecular flexibility index (Phi) is 12.4. The number of hydrogen-bond acceptors (Lipinski definition) is 17. The molecular formula is C45H72O17. The van der Waals surface area contributed by atoms with Crippen molar-refractivity contribution in [3.8, 4) is 0 Å². The molecule has 17 heteroatoms. The molecule has 0 unspecified atom stereocenters. The maximum absolute atomic E-state index is 12.8. The maximum atomic E-state index is 12.8. The van der Waals surface area contributed by atoms with Crippen molar-refractivity contribution < 1.29 is 83.9 Å². The molecule has 0 aromatic carbocycles. The number of fused-ring (bicyclic) bond motifs is 7. The minimum atomic E-state index is -1.75. The van der Waals surface area contributed by atoms with Gasteiger partial charge in [0.25, 0.3) is 0 Å². The van der Waals surface area contributed by atoms with Gasteiger partial charge in [-0.2, -0.15) is 0 Å². The second-order valence-electron chi connectivity index (χ2n) is 21.1. The van der Waals surface area contributed by atoms with Crippen molar-refractivity contribution in [3.63, 3.8) is 0 Å². The highest BCUT2D eigenvalue weighted by Gasteiger charge is 2.76. The van der Waals surface area contributed by atoms with Gasteiger partial charge in [0, 0.05) is 17.8 Å². The van der Waals surface area contributed by atoms with Crippen molar-refractivity contribution in [1.82, 2.24) is 0 Å². The third-order valence-corrected chi connectivity index (χ3v) is 17.9. The maximum Gasteiger partial charge on any atom is 0.187 e. The summed E-state index contributed by atoms with van der Waals surface area (Å²) in [6.45, 7) is 12.0. The lowest BCUT2D eigenvalue weighted by molar-refractivity contribution is -0.392. The van der Waals surface area contributed by atoms with Gasteiger partial charge in [0.2, 0.25) is 0 Å². The van der Waals surface area contributed by atoms with E-state index >= 15 is 0 Å². The molecule has 62 heavy (non-hydrogen) atoms. The van der Waals surface area contributed by atoms with Crippen LogP contribution in [-0.2, 0) is 37.9 Å². The first-order valence-electron chi connectivity index (χ1n) is 23.3. The number of ether oxygens (including phenoxy) is 8. The van der Waals surface area contributed by atoms with Crippen LogP contribution in [0.25, 0.3) is 0 Å². The van der Waals surface area contributed by atoms with Gasteiger partial charge in [-0.05, 0) is 94.3 Å². The van der Waals surface area contributed by atoms with E-state index in [1.54, 1.807) is 0 Å². The molecular weight excluding hydrogens is 812 g/mol. The first kappa shape index (κ1) is 46.2.